The van der Waals surface area contributed by atoms with Crippen molar-refractivity contribution in [1.82, 2.24) is 10.3 Å². The van der Waals surface area contributed by atoms with E-state index in [2.05, 4.69) is 10.3 Å². The van der Waals surface area contributed by atoms with Gasteiger partial charge in [-0.15, -0.1) is 0 Å². The van der Waals surface area contributed by atoms with Gasteiger partial charge in [0.15, 0.2) is 17.3 Å². The molecule has 2 aromatic rings. The number of carbonyl (C=O) groups excluding carboxylic acids is 2. The Bertz CT molecular complexity index is 689. The molecule has 1 atom stereocenters. The van der Waals surface area contributed by atoms with Gasteiger partial charge in [0.1, 0.15) is 11.4 Å². The average Bonchev–Trinajstić information content (AvgIpc) is 3.02. The van der Waals surface area contributed by atoms with Crippen LogP contribution in [0.25, 0.3) is 11.5 Å². The Morgan fingerprint density at radius 1 is 1.26 bits per heavy atom. The van der Waals surface area contributed by atoms with Crippen LogP contribution in [-0.4, -0.2) is 28.8 Å². The summed E-state index contributed by atoms with van der Waals surface area (Å²) in [6.07, 6.45) is 1.40. The molecule has 122 valence electrons. The number of nitrogens with zero attached hydrogens (tertiary/aromatic N) is 1. The maximum Gasteiger partial charge on any atom is 0.223 e. The van der Waals surface area contributed by atoms with Crippen molar-refractivity contribution < 1.29 is 19.1 Å². The average molecular weight is 316 g/mol. The standard InChI is InChI=1S/C17H20N2O4/c1-10(2)12(17(22)18-3)8-14(21)16-7-6-15(23-16)13-5-4-11(20)9-19-13/h4-7,9-10,12,20H,8H2,1-3H3,(H,18,22)/t12-/m0/s1. The van der Waals surface area contributed by atoms with E-state index in [0.29, 0.717) is 11.5 Å². The van der Waals surface area contributed by atoms with E-state index < -0.39 is 5.92 Å². The minimum atomic E-state index is -0.396. The van der Waals surface area contributed by atoms with Gasteiger partial charge in [-0.1, -0.05) is 13.8 Å². The molecule has 0 saturated heterocycles. The summed E-state index contributed by atoms with van der Waals surface area (Å²) in [5.74, 6) is -0.0293. The molecular weight excluding hydrogens is 296 g/mol. The molecule has 6 nitrogen and oxygen atoms in total. The number of ketones is 1. The maximum atomic E-state index is 12.3. The molecule has 0 bridgehead atoms. The van der Waals surface area contributed by atoms with Gasteiger partial charge in [0.25, 0.3) is 0 Å². The summed E-state index contributed by atoms with van der Waals surface area (Å²) < 4.78 is 5.54. The van der Waals surface area contributed by atoms with Gasteiger partial charge in [-0.05, 0) is 30.2 Å². The molecule has 2 aromatic heterocycles. The van der Waals surface area contributed by atoms with Crippen molar-refractivity contribution in [3.63, 3.8) is 0 Å². The number of amides is 1. The molecule has 0 unspecified atom stereocenters. The first-order valence-corrected chi connectivity index (χ1v) is 7.42. The number of aromatic hydroxyl groups is 1. The summed E-state index contributed by atoms with van der Waals surface area (Å²) in [5.41, 5.74) is 0.522. The minimum absolute atomic E-state index is 0.0482. The molecule has 0 aliphatic heterocycles. The molecule has 6 heteroatoms. The van der Waals surface area contributed by atoms with Crippen LogP contribution in [0.5, 0.6) is 5.75 Å². The number of aromatic nitrogens is 1. The molecule has 2 rings (SSSR count). The normalized spacial score (nSPS) is 12.2. The van der Waals surface area contributed by atoms with E-state index in [9.17, 15) is 14.7 Å². The van der Waals surface area contributed by atoms with Crippen molar-refractivity contribution in [2.24, 2.45) is 11.8 Å². The molecule has 23 heavy (non-hydrogen) atoms. The van der Waals surface area contributed by atoms with Crippen molar-refractivity contribution in [2.45, 2.75) is 20.3 Å². The molecule has 0 radical (unpaired) electrons. The highest BCUT2D eigenvalue weighted by Crippen LogP contribution is 2.24. The number of Topliss-reactive ketones (excluding diaryl/α,β-unsaturated/α-hetero) is 1. The number of nitrogens with one attached hydrogen (secondary N) is 1. The largest absolute Gasteiger partial charge is 0.506 e. The second kappa shape index (κ2) is 7.09. The van der Waals surface area contributed by atoms with E-state index in [4.69, 9.17) is 4.42 Å². The Balaban J connectivity index is 2.14. The molecule has 0 aliphatic rings. The summed E-state index contributed by atoms with van der Waals surface area (Å²) >= 11 is 0. The van der Waals surface area contributed by atoms with Gasteiger partial charge in [-0.3, -0.25) is 9.59 Å². The molecule has 0 saturated carbocycles. The highest BCUT2D eigenvalue weighted by Gasteiger charge is 2.26. The Kier molecular flexibility index (Phi) is 5.16. The fourth-order valence-corrected chi connectivity index (χ4v) is 2.27. The molecule has 0 aliphatic carbocycles. The van der Waals surface area contributed by atoms with Crippen LogP contribution in [0, 0.1) is 11.8 Å². The van der Waals surface area contributed by atoms with Gasteiger partial charge in [-0.25, -0.2) is 4.98 Å². The summed E-state index contributed by atoms with van der Waals surface area (Å²) in [6, 6.07) is 6.32. The predicted molar refractivity (Wildman–Crippen MR) is 84.9 cm³/mol. The third-order valence-electron chi connectivity index (χ3n) is 3.67. The molecule has 0 spiro atoms. The van der Waals surface area contributed by atoms with E-state index in [1.165, 1.54) is 12.3 Å². The van der Waals surface area contributed by atoms with E-state index in [0.717, 1.165) is 0 Å². The summed E-state index contributed by atoms with van der Waals surface area (Å²) in [5, 5.41) is 11.8. The SMILES string of the molecule is CNC(=O)[C@@H](CC(=O)c1ccc(-c2ccc(O)cn2)o1)C(C)C. The first kappa shape index (κ1) is 16.7. The Hall–Kier alpha value is -2.63. The third-order valence-corrected chi connectivity index (χ3v) is 3.67. The van der Waals surface area contributed by atoms with E-state index in [1.54, 1.807) is 25.2 Å². The van der Waals surface area contributed by atoms with Gasteiger partial charge in [-0.2, -0.15) is 0 Å². The minimum Gasteiger partial charge on any atom is -0.506 e. The lowest BCUT2D eigenvalue weighted by molar-refractivity contribution is -0.125. The van der Waals surface area contributed by atoms with Crippen LogP contribution < -0.4 is 5.32 Å². The highest BCUT2D eigenvalue weighted by molar-refractivity contribution is 5.96. The topological polar surface area (TPSA) is 92.4 Å². The van der Waals surface area contributed by atoms with E-state index in [-0.39, 0.29) is 35.5 Å². The zero-order valence-electron chi connectivity index (χ0n) is 13.4. The van der Waals surface area contributed by atoms with Crippen LogP contribution in [0.4, 0.5) is 0 Å². The lowest BCUT2D eigenvalue weighted by Crippen LogP contribution is -2.32. The van der Waals surface area contributed by atoms with Gasteiger partial charge in [0.2, 0.25) is 5.91 Å². The lowest BCUT2D eigenvalue weighted by Gasteiger charge is -2.17. The molecule has 1 amide bonds. The molecule has 2 N–H and O–H groups in total. The fraction of sp³-hybridized carbons (Fsp3) is 0.353. The molecule has 0 fully saturated rings. The lowest BCUT2D eigenvalue weighted by atomic mass is 9.89. The maximum absolute atomic E-state index is 12.3. The predicted octanol–water partition coefficient (Wildman–Crippen LogP) is 2.64. The van der Waals surface area contributed by atoms with Gasteiger partial charge >= 0.3 is 0 Å². The number of pyridine rings is 1. The van der Waals surface area contributed by atoms with Crippen LogP contribution >= 0.6 is 0 Å². The second-order valence-corrected chi connectivity index (χ2v) is 5.66. The number of hydrogen-bond donors (Lipinski definition) is 2. The van der Waals surface area contributed by atoms with Crippen LogP contribution in [0.1, 0.15) is 30.8 Å². The fourth-order valence-electron chi connectivity index (χ4n) is 2.27. The van der Waals surface area contributed by atoms with E-state index in [1.807, 2.05) is 13.8 Å². The Morgan fingerprint density at radius 2 is 2.00 bits per heavy atom. The molecule has 2 heterocycles. The highest BCUT2D eigenvalue weighted by atomic mass is 16.3. The van der Waals surface area contributed by atoms with Crippen molar-refractivity contribution in [2.75, 3.05) is 7.05 Å². The zero-order chi connectivity index (χ0) is 17.0. The first-order chi connectivity index (χ1) is 10.9. The van der Waals surface area contributed by atoms with Crippen molar-refractivity contribution in [3.8, 4) is 17.2 Å². The van der Waals surface area contributed by atoms with Gasteiger partial charge < -0.3 is 14.8 Å². The monoisotopic (exact) mass is 316 g/mol. The Morgan fingerprint density at radius 3 is 2.57 bits per heavy atom. The summed E-state index contributed by atoms with van der Waals surface area (Å²) in [4.78, 5) is 28.2. The smallest absolute Gasteiger partial charge is 0.223 e. The Labute approximate surface area is 134 Å². The third kappa shape index (κ3) is 3.97. The number of hydrogen-bond acceptors (Lipinski definition) is 5. The summed E-state index contributed by atoms with van der Waals surface area (Å²) in [7, 11) is 1.56. The van der Waals surface area contributed by atoms with Crippen LogP contribution in [0.2, 0.25) is 0 Å². The molecular formula is C17H20N2O4. The van der Waals surface area contributed by atoms with Crippen molar-refractivity contribution in [3.05, 3.63) is 36.2 Å². The molecule has 0 aromatic carbocycles. The zero-order valence-corrected chi connectivity index (χ0v) is 13.4. The first-order valence-electron chi connectivity index (χ1n) is 7.42. The second-order valence-electron chi connectivity index (χ2n) is 5.66. The number of carbonyl (C=O) groups is 2. The van der Waals surface area contributed by atoms with Gasteiger partial charge in [0.05, 0.1) is 6.20 Å². The van der Waals surface area contributed by atoms with Crippen molar-refractivity contribution in [1.29, 1.82) is 0 Å². The van der Waals surface area contributed by atoms with Gasteiger partial charge in [0, 0.05) is 19.4 Å². The van der Waals surface area contributed by atoms with Crippen LogP contribution in [-0.2, 0) is 4.79 Å². The number of furan rings is 1. The summed E-state index contributed by atoms with van der Waals surface area (Å²) in [6.45, 7) is 3.81. The van der Waals surface area contributed by atoms with E-state index >= 15 is 0 Å². The number of rotatable bonds is 6. The quantitative estimate of drug-likeness (QED) is 0.799. The van der Waals surface area contributed by atoms with Crippen LogP contribution in [0.15, 0.2) is 34.9 Å². The van der Waals surface area contributed by atoms with Crippen LogP contribution in [0.3, 0.4) is 0 Å². The van der Waals surface area contributed by atoms with Crippen molar-refractivity contribution >= 4 is 11.7 Å².